The molecule has 1 heterocycles. The Bertz CT molecular complexity index is 533. The first-order valence-electron chi connectivity index (χ1n) is 5.26. The van der Waals surface area contributed by atoms with Crippen molar-refractivity contribution in [2.45, 2.75) is 20.8 Å². The van der Waals surface area contributed by atoms with Crippen LogP contribution in [0.25, 0.3) is 11.3 Å². The monoisotopic (exact) mass is 213 g/mol. The molecule has 0 saturated carbocycles. The molecule has 0 aliphatic carbocycles. The zero-order valence-electron chi connectivity index (χ0n) is 9.78. The van der Waals surface area contributed by atoms with Gasteiger partial charge in [0.05, 0.1) is 11.4 Å². The average Bonchev–Trinajstić information content (AvgIpc) is 2.25. The Morgan fingerprint density at radius 2 is 1.56 bits per heavy atom. The molecule has 1 aromatic carbocycles. The lowest BCUT2D eigenvalue weighted by Gasteiger charge is -2.09. The Morgan fingerprint density at radius 1 is 0.938 bits per heavy atom. The van der Waals surface area contributed by atoms with Gasteiger partial charge in [-0.3, -0.25) is 0 Å². The second-order valence-electron chi connectivity index (χ2n) is 3.94. The summed E-state index contributed by atoms with van der Waals surface area (Å²) in [6, 6.07) is 8.05. The number of nitrogen functional groups attached to an aromatic ring is 1. The number of hydrogen-bond donors (Lipinski definition) is 1. The molecule has 2 N–H and O–H groups in total. The van der Waals surface area contributed by atoms with Crippen molar-refractivity contribution in [3.8, 4) is 11.3 Å². The van der Waals surface area contributed by atoms with Gasteiger partial charge in [0, 0.05) is 5.56 Å². The number of nitrogens with two attached hydrogens (primary N) is 1. The van der Waals surface area contributed by atoms with Gasteiger partial charge in [-0.2, -0.15) is 0 Å². The van der Waals surface area contributed by atoms with E-state index in [1.165, 1.54) is 0 Å². The molecule has 82 valence electrons. The smallest absolute Gasteiger partial charge is 0.150 e. The summed E-state index contributed by atoms with van der Waals surface area (Å²) in [6.45, 7) is 5.91. The van der Waals surface area contributed by atoms with Gasteiger partial charge in [-0.15, -0.1) is 0 Å². The molecule has 0 aliphatic heterocycles. The molecule has 0 amide bonds. The van der Waals surface area contributed by atoms with Gasteiger partial charge in [0.1, 0.15) is 11.5 Å². The molecule has 2 rings (SSSR count). The number of aromatic nitrogens is 2. The van der Waals surface area contributed by atoms with Gasteiger partial charge in [0.25, 0.3) is 0 Å². The summed E-state index contributed by atoms with van der Waals surface area (Å²) < 4.78 is 0. The fraction of sp³-hybridized carbons (Fsp3) is 0.231. The van der Waals surface area contributed by atoms with Crippen LogP contribution in [0.5, 0.6) is 0 Å². The Kier molecular flexibility index (Phi) is 2.60. The van der Waals surface area contributed by atoms with Gasteiger partial charge in [-0.05, 0) is 26.3 Å². The van der Waals surface area contributed by atoms with Gasteiger partial charge in [0.15, 0.2) is 0 Å². The van der Waals surface area contributed by atoms with Crippen molar-refractivity contribution >= 4 is 5.82 Å². The predicted octanol–water partition coefficient (Wildman–Crippen LogP) is 2.65. The SMILES string of the molecule is Cc1ccccc1-c1nc(C)c(C)nc1N. The zero-order valence-corrected chi connectivity index (χ0v) is 9.78. The van der Waals surface area contributed by atoms with E-state index in [9.17, 15) is 0 Å². The summed E-state index contributed by atoms with van der Waals surface area (Å²) in [7, 11) is 0. The largest absolute Gasteiger partial charge is 0.382 e. The molecule has 0 bridgehead atoms. The van der Waals surface area contributed by atoms with Crippen LogP contribution in [0.4, 0.5) is 5.82 Å². The number of anilines is 1. The average molecular weight is 213 g/mol. The van der Waals surface area contributed by atoms with Gasteiger partial charge in [-0.1, -0.05) is 24.3 Å². The third-order valence-electron chi connectivity index (χ3n) is 2.73. The summed E-state index contributed by atoms with van der Waals surface area (Å²) in [6.07, 6.45) is 0. The molecule has 3 heteroatoms. The van der Waals surface area contributed by atoms with Crippen LogP contribution < -0.4 is 5.73 Å². The second-order valence-corrected chi connectivity index (χ2v) is 3.94. The number of rotatable bonds is 1. The van der Waals surface area contributed by atoms with Gasteiger partial charge >= 0.3 is 0 Å². The molecule has 0 spiro atoms. The highest BCUT2D eigenvalue weighted by atomic mass is 14.9. The van der Waals surface area contributed by atoms with E-state index in [1.807, 2.05) is 45.0 Å². The van der Waals surface area contributed by atoms with Crippen molar-refractivity contribution in [3.63, 3.8) is 0 Å². The van der Waals surface area contributed by atoms with E-state index in [4.69, 9.17) is 5.73 Å². The highest BCUT2D eigenvalue weighted by molar-refractivity contribution is 5.72. The third kappa shape index (κ3) is 1.76. The van der Waals surface area contributed by atoms with Gasteiger partial charge in [0.2, 0.25) is 0 Å². The molecular weight excluding hydrogens is 198 g/mol. The topological polar surface area (TPSA) is 51.8 Å². The van der Waals surface area contributed by atoms with Crippen molar-refractivity contribution < 1.29 is 0 Å². The minimum absolute atomic E-state index is 0.498. The molecule has 3 nitrogen and oxygen atoms in total. The Hall–Kier alpha value is -1.90. The van der Waals surface area contributed by atoms with Crippen LogP contribution in [0, 0.1) is 20.8 Å². The van der Waals surface area contributed by atoms with Crippen molar-refractivity contribution in [2.75, 3.05) is 5.73 Å². The van der Waals surface area contributed by atoms with Crippen molar-refractivity contribution in [1.82, 2.24) is 9.97 Å². The minimum Gasteiger partial charge on any atom is -0.382 e. The van der Waals surface area contributed by atoms with Gasteiger partial charge in [-0.25, -0.2) is 9.97 Å². The maximum Gasteiger partial charge on any atom is 0.150 e. The maximum absolute atomic E-state index is 5.92. The summed E-state index contributed by atoms with van der Waals surface area (Å²) >= 11 is 0. The Balaban J connectivity index is 2.65. The maximum atomic E-state index is 5.92. The summed E-state index contributed by atoms with van der Waals surface area (Å²) in [4.78, 5) is 8.82. The normalized spacial score (nSPS) is 10.4. The Labute approximate surface area is 95.4 Å². The number of benzene rings is 1. The first-order valence-corrected chi connectivity index (χ1v) is 5.26. The fourth-order valence-corrected chi connectivity index (χ4v) is 1.66. The summed E-state index contributed by atoms with van der Waals surface area (Å²) in [5, 5.41) is 0. The molecule has 0 radical (unpaired) electrons. The van der Waals surface area contributed by atoms with Crippen LogP contribution in [-0.4, -0.2) is 9.97 Å². The Morgan fingerprint density at radius 3 is 2.25 bits per heavy atom. The van der Waals surface area contributed by atoms with Crippen molar-refractivity contribution in [2.24, 2.45) is 0 Å². The predicted molar refractivity (Wildman–Crippen MR) is 66.1 cm³/mol. The molecule has 0 unspecified atom stereocenters. The van der Waals surface area contributed by atoms with E-state index in [0.29, 0.717) is 5.82 Å². The zero-order chi connectivity index (χ0) is 11.7. The summed E-state index contributed by atoms with van der Waals surface area (Å²) in [5.74, 6) is 0.498. The number of nitrogens with zero attached hydrogens (tertiary/aromatic N) is 2. The summed E-state index contributed by atoms with van der Waals surface area (Å²) in [5.41, 5.74) is 10.7. The van der Waals surface area contributed by atoms with E-state index in [1.54, 1.807) is 0 Å². The first-order chi connectivity index (χ1) is 7.59. The highest BCUT2D eigenvalue weighted by Gasteiger charge is 2.09. The molecule has 16 heavy (non-hydrogen) atoms. The molecule has 0 fully saturated rings. The molecule has 0 saturated heterocycles. The van der Waals surface area contributed by atoms with Gasteiger partial charge < -0.3 is 5.73 Å². The van der Waals surface area contributed by atoms with Crippen LogP contribution in [-0.2, 0) is 0 Å². The lowest BCUT2D eigenvalue weighted by atomic mass is 10.1. The molecular formula is C13H15N3. The van der Waals surface area contributed by atoms with Crippen LogP contribution >= 0.6 is 0 Å². The van der Waals surface area contributed by atoms with Crippen LogP contribution in [0.2, 0.25) is 0 Å². The molecule has 0 aliphatic rings. The van der Waals surface area contributed by atoms with Crippen LogP contribution in [0.3, 0.4) is 0 Å². The van der Waals surface area contributed by atoms with E-state index in [0.717, 1.165) is 28.2 Å². The van der Waals surface area contributed by atoms with Crippen molar-refractivity contribution in [1.29, 1.82) is 0 Å². The van der Waals surface area contributed by atoms with E-state index >= 15 is 0 Å². The van der Waals surface area contributed by atoms with Crippen molar-refractivity contribution in [3.05, 3.63) is 41.2 Å². The first kappa shape index (κ1) is 10.6. The minimum atomic E-state index is 0.498. The number of hydrogen-bond acceptors (Lipinski definition) is 3. The standard InChI is InChI=1S/C13H15N3/c1-8-6-4-5-7-11(8)12-13(14)16-10(3)9(2)15-12/h4-7H,1-3H3,(H2,14,16). The molecule has 1 aromatic heterocycles. The third-order valence-corrected chi connectivity index (χ3v) is 2.73. The molecule has 2 aromatic rings. The van der Waals surface area contributed by atoms with Crippen LogP contribution in [0.15, 0.2) is 24.3 Å². The second kappa shape index (κ2) is 3.93. The quantitative estimate of drug-likeness (QED) is 0.792. The van der Waals surface area contributed by atoms with E-state index in [-0.39, 0.29) is 0 Å². The van der Waals surface area contributed by atoms with E-state index in [2.05, 4.69) is 9.97 Å². The van der Waals surface area contributed by atoms with Crippen LogP contribution in [0.1, 0.15) is 17.0 Å². The molecule has 0 atom stereocenters. The van der Waals surface area contributed by atoms with E-state index < -0.39 is 0 Å². The fourth-order valence-electron chi connectivity index (χ4n) is 1.66. The lowest BCUT2D eigenvalue weighted by Crippen LogP contribution is -2.02. The highest BCUT2D eigenvalue weighted by Crippen LogP contribution is 2.25. The lowest BCUT2D eigenvalue weighted by molar-refractivity contribution is 1.06. The number of aryl methyl sites for hydroxylation is 3.